The van der Waals surface area contributed by atoms with Crippen molar-refractivity contribution >= 4 is 11.6 Å². The van der Waals surface area contributed by atoms with Crippen LogP contribution in [0.15, 0.2) is 48.5 Å². The maximum atomic E-state index is 6.26. The zero-order valence-electron chi connectivity index (χ0n) is 10.7. The molecule has 0 saturated heterocycles. The Morgan fingerprint density at radius 1 is 1.00 bits per heavy atom. The van der Waals surface area contributed by atoms with E-state index in [9.17, 15) is 0 Å². The standard InChI is InChI=1S/C16H17ClO/c1-12(2)11-14-15(17)9-6-10-16(14)18-13-7-4-3-5-8-13/h3-10,12H,11H2,1-2H3. The third-order valence-corrected chi connectivity index (χ3v) is 3.01. The molecular formula is C16H17ClO. The second-order valence-corrected chi connectivity index (χ2v) is 5.14. The van der Waals surface area contributed by atoms with Crippen molar-refractivity contribution in [1.82, 2.24) is 0 Å². The highest BCUT2D eigenvalue weighted by Gasteiger charge is 2.10. The van der Waals surface area contributed by atoms with E-state index < -0.39 is 0 Å². The Labute approximate surface area is 113 Å². The van der Waals surface area contributed by atoms with E-state index in [1.54, 1.807) is 0 Å². The Morgan fingerprint density at radius 2 is 1.72 bits per heavy atom. The lowest BCUT2D eigenvalue weighted by molar-refractivity contribution is 0.471. The van der Waals surface area contributed by atoms with Gasteiger partial charge in [-0.15, -0.1) is 0 Å². The average molecular weight is 261 g/mol. The molecule has 0 bridgehead atoms. The Morgan fingerprint density at radius 3 is 2.39 bits per heavy atom. The molecule has 0 heterocycles. The molecule has 0 aliphatic heterocycles. The van der Waals surface area contributed by atoms with Crippen LogP contribution in [0.4, 0.5) is 0 Å². The maximum absolute atomic E-state index is 6.26. The molecule has 0 spiro atoms. The van der Waals surface area contributed by atoms with Gasteiger partial charge in [0.25, 0.3) is 0 Å². The van der Waals surface area contributed by atoms with Crippen molar-refractivity contribution in [2.45, 2.75) is 20.3 Å². The van der Waals surface area contributed by atoms with E-state index in [1.165, 1.54) is 0 Å². The molecule has 2 heteroatoms. The van der Waals surface area contributed by atoms with E-state index in [2.05, 4.69) is 13.8 Å². The van der Waals surface area contributed by atoms with Gasteiger partial charge in [0.1, 0.15) is 11.5 Å². The molecule has 0 N–H and O–H groups in total. The van der Waals surface area contributed by atoms with E-state index in [0.717, 1.165) is 28.5 Å². The summed E-state index contributed by atoms with van der Waals surface area (Å²) in [6.07, 6.45) is 0.918. The predicted molar refractivity (Wildman–Crippen MR) is 76.5 cm³/mol. The quantitative estimate of drug-likeness (QED) is 0.722. The number of benzene rings is 2. The van der Waals surface area contributed by atoms with Gasteiger partial charge >= 0.3 is 0 Å². The molecule has 2 rings (SSSR count). The predicted octanol–water partition coefficient (Wildman–Crippen LogP) is 5.33. The lowest BCUT2D eigenvalue weighted by atomic mass is 10.0. The number of ether oxygens (including phenoxy) is 1. The Bertz CT molecular complexity index is 506. The normalized spacial score (nSPS) is 10.7. The van der Waals surface area contributed by atoms with Gasteiger partial charge in [-0.3, -0.25) is 0 Å². The van der Waals surface area contributed by atoms with Crippen molar-refractivity contribution in [3.8, 4) is 11.5 Å². The summed E-state index contributed by atoms with van der Waals surface area (Å²) < 4.78 is 5.91. The summed E-state index contributed by atoms with van der Waals surface area (Å²) in [5.74, 6) is 2.23. The maximum Gasteiger partial charge on any atom is 0.132 e. The third kappa shape index (κ3) is 3.27. The van der Waals surface area contributed by atoms with E-state index >= 15 is 0 Å². The fourth-order valence-electron chi connectivity index (χ4n) is 1.86. The lowest BCUT2D eigenvalue weighted by Crippen LogP contribution is -1.98. The van der Waals surface area contributed by atoms with Gasteiger partial charge in [0.15, 0.2) is 0 Å². The zero-order valence-corrected chi connectivity index (χ0v) is 11.4. The molecule has 2 aromatic rings. The molecule has 94 valence electrons. The summed E-state index contributed by atoms with van der Waals surface area (Å²) in [6.45, 7) is 4.35. The third-order valence-electron chi connectivity index (χ3n) is 2.66. The molecule has 0 fully saturated rings. The van der Waals surface area contributed by atoms with Crippen molar-refractivity contribution in [1.29, 1.82) is 0 Å². The first-order chi connectivity index (χ1) is 8.66. The highest BCUT2D eigenvalue weighted by Crippen LogP contribution is 2.32. The molecule has 0 aliphatic carbocycles. The van der Waals surface area contributed by atoms with Crippen LogP contribution < -0.4 is 4.74 Å². The van der Waals surface area contributed by atoms with Crippen molar-refractivity contribution in [2.24, 2.45) is 5.92 Å². The van der Waals surface area contributed by atoms with Gasteiger partial charge in [-0.05, 0) is 36.6 Å². The molecule has 0 radical (unpaired) electrons. The van der Waals surface area contributed by atoms with Crippen LogP contribution in [0.3, 0.4) is 0 Å². The first-order valence-electron chi connectivity index (χ1n) is 6.17. The minimum atomic E-state index is 0.544. The summed E-state index contributed by atoms with van der Waals surface area (Å²) in [7, 11) is 0. The fourth-order valence-corrected chi connectivity index (χ4v) is 2.10. The highest BCUT2D eigenvalue weighted by atomic mass is 35.5. The monoisotopic (exact) mass is 260 g/mol. The van der Waals surface area contributed by atoms with Crippen molar-refractivity contribution < 1.29 is 4.74 Å². The Hall–Kier alpha value is -1.47. The van der Waals surface area contributed by atoms with Crippen LogP contribution in [0, 0.1) is 5.92 Å². The van der Waals surface area contributed by atoms with Crippen LogP contribution in [0.1, 0.15) is 19.4 Å². The van der Waals surface area contributed by atoms with Gasteiger partial charge in [0.2, 0.25) is 0 Å². The lowest BCUT2D eigenvalue weighted by Gasteiger charge is -2.14. The van der Waals surface area contributed by atoms with Gasteiger partial charge in [0, 0.05) is 10.6 Å². The molecule has 0 aromatic heterocycles. The number of halogens is 1. The summed E-state index contributed by atoms with van der Waals surface area (Å²) >= 11 is 6.26. The van der Waals surface area contributed by atoms with Crippen LogP contribution in [0.5, 0.6) is 11.5 Å². The molecule has 2 aromatic carbocycles. The minimum Gasteiger partial charge on any atom is -0.457 e. The molecule has 1 nitrogen and oxygen atoms in total. The van der Waals surface area contributed by atoms with E-state index in [-0.39, 0.29) is 0 Å². The fraction of sp³-hybridized carbons (Fsp3) is 0.250. The van der Waals surface area contributed by atoms with Crippen molar-refractivity contribution in [3.05, 3.63) is 59.1 Å². The molecule has 18 heavy (non-hydrogen) atoms. The SMILES string of the molecule is CC(C)Cc1c(Cl)cccc1Oc1ccccc1. The Kier molecular flexibility index (Phi) is 4.27. The van der Waals surface area contributed by atoms with Crippen LogP contribution in [-0.2, 0) is 6.42 Å². The molecule has 0 atom stereocenters. The van der Waals surface area contributed by atoms with Crippen molar-refractivity contribution in [2.75, 3.05) is 0 Å². The van der Waals surface area contributed by atoms with Crippen molar-refractivity contribution in [3.63, 3.8) is 0 Å². The number of hydrogen-bond donors (Lipinski definition) is 0. The topological polar surface area (TPSA) is 9.23 Å². The van der Waals surface area contributed by atoms with E-state index in [4.69, 9.17) is 16.3 Å². The highest BCUT2D eigenvalue weighted by molar-refractivity contribution is 6.31. The summed E-state index contributed by atoms with van der Waals surface area (Å²) in [6, 6.07) is 15.6. The number of hydrogen-bond acceptors (Lipinski definition) is 1. The summed E-state index contributed by atoms with van der Waals surface area (Å²) in [4.78, 5) is 0. The zero-order chi connectivity index (χ0) is 13.0. The van der Waals surface area contributed by atoms with Gasteiger partial charge < -0.3 is 4.74 Å². The first kappa shape index (κ1) is 13.0. The van der Waals surface area contributed by atoms with Gasteiger partial charge in [-0.1, -0.05) is 49.7 Å². The average Bonchev–Trinajstić information content (AvgIpc) is 2.34. The summed E-state index contributed by atoms with van der Waals surface area (Å²) in [5.41, 5.74) is 1.08. The van der Waals surface area contributed by atoms with Crippen LogP contribution in [-0.4, -0.2) is 0 Å². The first-order valence-corrected chi connectivity index (χ1v) is 6.55. The summed E-state index contributed by atoms with van der Waals surface area (Å²) in [5, 5.41) is 0.775. The van der Waals surface area contributed by atoms with Crippen LogP contribution in [0.25, 0.3) is 0 Å². The largest absolute Gasteiger partial charge is 0.457 e. The van der Waals surface area contributed by atoms with Gasteiger partial charge in [-0.25, -0.2) is 0 Å². The number of para-hydroxylation sites is 1. The van der Waals surface area contributed by atoms with E-state index in [1.807, 2.05) is 48.5 Å². The molecule has 0 aliphatic rings. The Balaban J connectivity index is 2.30. The van der Waals surface area contributed by atoms with Gasteiger partial charge in [-0.2, -0.15) is 0 Å². The number of rotatable bonds is 4. The molecule has 0 amide bonds. The molecule has 0 saturated carbocycles. The van der Waals surface area contributed by atoms with Gasteiger partial charge in [0.05, 0.1) is 0 Å². The van der Waals surface area contributed by atoms with E-state index in [0.29, 0.717) is 5.92 Å². The molecule has 0 unspecified atom stereocenters. The second-order valence-electron chi connectivity index (χ2n) is 4.73. The minimum absolute atomic E-state index is 0.544. The van der Waals surface area contributed by atoms with Crippen LogP contribution >= 0.6 is 11.6 Å². The second kappa shape index (κ2) is 5.92. The van der Waals surface area contributed by atoms with Crippen LogP contribution in [0.2, 0.25) is 5.02 Å². The molecular weight excluding hydrogens is 244 g/mol. The smallest absolute Gasteiger partial charge is 0.132 e.